The van der Waals surface area contributed by atoms with E-state index in [9.17, 15) is 18.0 Å². The molecule has 0 N–H and O–H groups in total. The Bertz CT molecular complexity index is 714. The lowest BCUT2D eigenvalue weighted by atomic mass is 10.2. The van der Waals surface area contributed by atoms with E-state index in [2.05, 4.69) is 4.74 Å². The van der Waals surface area contributed by atoms with Crippen molar-refractivity contribution in [2.75, 3.05) is 20.2 Å². The number of amides is 1. The van der Waals surface area contributed by atoms with Crippen LogP contribution in [0.25, 0.3) is 0 Å². The van der Waals surface area contributed by atoms with Gasteiger partial charge in [-0.25, -0.2) is 0 Å². The Labute approximate surface area is 143 Å². The number of benzene rings is 2. The average molecular weight is 353 g/mol. The number of hydrogen-bond acceptors (Lipinski definition) is 3. The number of halogens is 3. The number of rotatable bonds is 6. The van der Waals surface area contributed by atoms with Crippen molar-refractivity contribution in [3.05, 3.63) is 59.7 Å². The smallest absolute Gasteiger partial charge is 0.491 e. The van der Waals surface area contributed by atoms with E-state index in [1.54, 1.807) is 7.05 Å². The first-order chi connectivity index (χ1) is 11.8. The van der Waals surface area contributed by atoms with Gasteiger partial charge in [0.25, 0.3) is 5.91 Å². The van der Waals surface area contributed by atoms with E-state index in [4.69, 9.17) is 4.74 Å². The van der Waals surface area contributed by atoms with Gasteiger partial charge in [-0.1, -0.05) is 18.2 Å². The van der Waals surface area contributed by atoms with E-state index in [1.165, 1.54) is 17.0 Å². The zero-order valence-electron chi connectivity index (χ0n) is 13.8. The Morgan fingerprint density at radius 1 is 1.08 bits per heavy atom. The molecule has 0 bridgehead atoms. The van der Waals surface area contributed by atoms with Crippen LogP contribution in [0.2, 0.25) is 0 Å². The summed E-state index contributed by atoms with van der Waals surface area (Å²) in [6, 6.07) is 12.3. The number of para-hydroxylation sites is 1. The molecule has 0 heterocycles. The summed E-state index contributed by atoms with van der Waals surface area (Å²) in [5.74, 6) is 0.0681. The number of alkyl halides is 3. The molecule has 25 heavy (non-hydrogen) atoms. The molecule has 0 spiro atoms. The van der Waals surface area contributed by atoms with Crippen molar-refractivity contribution in [3.8, 4) is 11.5 Å². The summed E-state index contributed by atoms with van der Waals surface area (Å²) in [5.41, 5.74) is 1.27. The maximum Gasteiger partial charge on any atom is 0.573 e. The van der Waals surface area contributed by atoms with Gasteiger partial charge in [-0.15, -0.1) is 13.2 Å². The number of ether oxygens (including phenoxy) is 2. The number of carbonyl (C=O) groups excluding carboxylic acids is 1. The molecule has 4 nitrogen and oxygen atoms in total. The van der Waals surface area contributed by atoms with Gasteiger partial charge in [-0.05, 0) is 42.8 Å². The fourth-order valence-electron chi connectivity index (χ4n) is 2.13. The minimum absolute atomic E-state index is 0.271. The molecule has 2 rings (SSSR count). The molecule has 0 atom stereocenters. The van der Waals surface area contributed by atoms with Crippen LogP contribution in [0, 0.1) is 6.92 Å². The molecule has 0 saturated heterocycles. The monoisotopic (exact) mass is 353 g/mol. The highest BCUT2D eigenvalue weighted by Crippen LogP contribution is 2.23. The molecule has 134 valence electrons. The zero-order valence-corrected chi connectivity index (χ0v) is 13.8. The molecule has 2 aromatic carbocycles. The van der Waals surface area contributed by atoms with Crippen LogP contribution in [0.1, 0.15) is 15.9 Å². The minimum Gasteiger partial charge on any atom is -0.491 e. The first kappa shape index (κ1) is 18.6. The van der Waals surface area contributed by atoms with Crippen LogP contribution in [0.15, 0.2) is 48.5 Å². The molecule has 0 aromatic heterocycles. The molecule has 0 unspecified atom stereocenters. The second kappa shape index (κ2) is 7.92. The number of aryl methyl sites for hydroxylation is 1. The molecule has 7 heteroatoms. The van der Waals surface area contributed by atoms with Crippen molar-refractivity contribution in [3.63, 3.8) is 0 Å². The summed E-state index contributed by atoms with van der Waals surface area (Å²) in [5, 5.41) is 0. The van der Waals surface area contributed by atoms with Gasteiger partial charge in [0.2, 0.25) is 0 Å². The molecular formula is C18H18F3NO3. The van der Waals surface area contributed by atoms with Crippen LogP contribution in [-0.2, 0) is 0 Å². The predicted octanol–water partition coefficient (Wildman–Crippen LogP) is 4.04. The molecule has 2 aromatic rings. The van der Waals surface area contributed by atoms with Crippen molar-refractivity contribution in [2.24, 2.45) is 0 Å². The summed E-state index contributed by atoms with van der Waals surface area (Å²) in [6.45, 7) is 2.57. The summed E-state index contributed by atoms with van der Waals surface area (Å²) >= 11 is 0. The standard InChI is InChI=1S/C18H18F3NO3/c1-13-5-3-4-6-16(13)24-12-11-22(2)17(23)14-7-9-15(10-8-14)25-18(19,20)21/h3-10H,11-12H2,1-2H3. The van der Waals surface area contributed by atoms with Crippen molar-refractivity contribution in [1.29, 1.82) is 0 Å². The van der Waals surface area contributed by atoms with Crippen LogP contribution in [0.3, 0.4) is 0 Å². The van der Waals surface area contributed by atoms with E-state index >= 15 is 0 Å². The molecule has 1 amide bonds. The Kier molecular flexibility index (Phi) is 5.90. The third kappa shape index (κ3) is 5.70. The lowest BCUT2D eigenvalue weighted by Gasteiger charge is -2.18. The van der Waals surface area contributed by atoms with E-state index < -0.39 is 6.36 Å². The lowest BCUT2D eigenvalue weighted by molar-refractivity contribution is -0.274. The number of carbonyl (C=O) groups is 1. The van der Waals surface area contributed by atoms with Crippen LogP contribution in [-0.4, -0.2) is 37.4 Å². The van der Waals surface area contributed by atoms with E-state index in [1.807, 2.05) is 31.2 Å². The quantitative estimate of drug-likeness (QED) is 0.787. The Morgan fingerprint density at radius 3 is 2.32 bits per heavy atom. The van der Waals surface area contributed by atoms with Crippen molar-refractivity contribution in [2.45, 2.75) is 13.3 Å². The number of hydrogen-bond donors (Lipinski definition) is 0. The highest BCUT2D eigenvalue weighted by molar-refractivity contribution is 5.94. The Hall–Kier alpha value is -2.70. The summed E-state index contributed by atoms with van der Waals surface area (Å²) in [4.78, 5) is 13.7. The van der Waals surface area contributed by atoms with Gasteiger partial charge in [-0.3, -0.25) is 4.79 Å². The van der Waals surface area contributed by atoms with Gasteiger partial charge in [-0.2, -0.15) is 0 Å². The highest BCUT2D eigenvalue weighted by atomic mass is 19.4. The zero-order chi connectivity index (χ0) is 18.4. The summed E-state index contributed by atoms with van der Waals surface area (Å²) in [6.07, 6.45) is -4.75. The van der Waals surface area contributed by atoms with E-state index in [0.29, 0.717) is 13.2 Å². The first-order valence-corrected chi connectivity index (χ1v) is 7.56. The van der Waals surface area contributed by atoms with Gasteiger partial charge >= 0.3 is 6.36 Å². The van der Waals surface area contributed by atoms with E-state index in [-0.39, 0.29) is 17.2 Å². The van der Waals surface area contributed by atoms with Gasteiger partial charge in [0, 0.05) is 12.6 Å². The fourth-order valence-corrected chi connectivity index (χ4v) is 2.13. The predicted molar refractivity (Wildman–Crippen MR) is 86.8 cm³/mol. The molecule has 0 fully saturated rings. The SMILES string of the molecule is Cc1ccccc1OCCN(C)C(=O)c1ccc(OC(F)(F)F)cc1. The minimum atomic E-state index is -4.75. The molecule has 0 radical (unpaired) electrons. The summed E-state index contributed by atoms with van der Waals surface area (Å²) in [7, 11) is 1.60. The number of likely N-dealkylation sites (N-methyl/N-ethyl adjacent to an activating group) is 1. The van der Waals surface area contributed by atoms with Gasteiger partial charge in [0.15, 0.2) is 0 Å². The molecule has 0 saturated carbocycles. The Balaban J connectivity index is 1.88. The van der Waals surface area contributed by atoms with Crippen LogP contribution in [0.5, 0.6) is 11.5 Å². The fraction of sp³-hybridized carbons (Fsp3) is 0.278. The van der Waals surface area contributed by atoms with Gasteiger partial charge in [0.05, 0.1) is 6.54 Å². The molecule has 0 aliphatic carbocycles. The molecule has 0 aliphatic rings. The average Bonchev–Trinajstić information content (AvgIpc) is 2.55. The van der Waals surface area contributed by atoms with Crippen molar-refractivity contribution in [1.82, 2.24) is 4.90 Å². The maximum atomic E-state index is 12.3. The van der Waals surface area contributed by atoms with Crippen molar-refractivity contribution >= 4 is 5.91 Å². The van der Waals surface area contributed by atoms with Gasteiger partial charge in [0.1, 0.15) is 18.1 Å². The first-order valence-electron chi connectivity index (χ1n) is 7.56. The maximum absolute atomic E-state index is 12.3. The second-order valence-corrected chi connectivity index (χ2v) is 5.41. The molecular weight excluding hydrogens is 335 g/mol. The molecule has 0 aliphatic heterocycles. The number of nitrogens with zero attached hydrogens (tertiary/aromatic N) is 1. The third-order valence-corrected chi connectivity index (χ3v) is 3.46. The van der Waals surface area contributed by atoms with Crippen LogP contribution in [0.4, 0.5) is 13.2 Å². The Morgan fingerprint density at radius 2 is 1.72 bits per heavy atom. The largest absolute Gasteiger partial charge is 0.573 e. The second-order valence-electron chi connectivity index (χ2n) is 5.41. The van der Waals surface area contributed by atoms with Crippen LogP contribution < -0.4 is 9.47 Å². The lowest BCUT2D eigenvalue weighted by Crippen LogP contribution is -2.30. The van der Waals surface area contributed by atoms with Gasteiger partial charge < -0.3 is 14.4 Å². The third-order valence-electron chi connectivity index (χ3n) is 3.46. The van der Waals surface area contributed by atoms with Crippen LogP contribution >= 0.6 is 0 Å². The normalized spacial score (nSPS) is 11.1. The summed E-state index contributed by atoms with van der Waals surface area (Å²) < 4.78 is 45.8. The van der Waals surface area contributed by atoms with Crippen molar-refractivity contribution < 1.29 is 27.4 Å². The highest BCUT2D eigenvalue weighted by Gasteiger charge is 2.31. The topological polar surface area (TPSA) is 38.8 Å². The van der Waals surface area contributed by atoms with E-state index in [0.717, 1.165) is 23.4 Å².